The van der Waals surface area contributed by atoms with Crippen molar-refractivity contribution < 1.29 is 9.53 Å². The largest absolute Gasteiger partial charge is 0.481 e. The van der Waals surface area contributed by atoms with E-state index in [0.29, 0.717) is 5.92 Å². The van der Waals surface area contributed by atoms with E-state index in [0.717, 1.165) is 30.8 Å². The van der Waals surface area contributed by atoms with Gasteiger partial charge in [0.25, 0.3) is 5.91 Å². The molecule has 5 heteroatoms. The van der Waals surface area contributed by atoms with Crippen LogP contribution in [0.1, 0.15) is 25.8 Å². The first-order chi connectivity index (χ1) is 9.56. The van der Waals surface area contributed by atoms with Crippen LogP contribution in [-0.2, 0) is 4.79 Å². The molecule has 118 valence electrons. The first-order valence-corrected chi connectivity index (χ1v) is 7.30. The van der Waals surface area contributed by atoms with Gasteiger partial charge >= 0.3 is 0 Å². The molecule has 1 aliphatic heterocycles. The maximum Gasteiger partial charge on any atom is 0.261 e. The second-order valence-electron chi connectivity index (χ2n) is 5.66. The quantitative estimate of drug-likeness (QED) is 0.897. The molecule has 0 aliphatic carbocycles. The summed E-state index contributed by atoms with van der Waals surface area (Å²) in [5.41, 5.74) is 1.13. The molecule has 3 atom stereocenters. The normalized spacial score (nSPS) is 22.8. The number of halogens is 1. The third kappa shape index (κ3) is 5.21. The SMILES string of the molecule is Cc1cccc(OC(C)C(=O)NC2CNCCC2C)c1.Cl. The van der Waals surface area contributed by atoms with Crippen molar-refractivity contribution in [2.24, 2.45) is 5.92 Å². The number of carbonyl (C=O) groups excluding carboxylic acids is 1. The third-order valence-electron chi connectivity index (χ3n) is 3.83. The van der Waals surface area contributed by atoms with Crippen molar-refractivity contribution in [2.45, 2.75) is 39.3 Å². The molecule has 2 rings (SSSR count). The topological polar surface area (TPSA) is 50.4 Å². The molecule has 0 aromatic heterocycles. The number of rotatable bonds is 4. The fraction of sp³-hybridized carbons (Fsp3) is 0.562. The Hall–Kier alpha value is -1.26. The van der Waals surface area contributed by atoms with E-state index in [9.17, 15) is 4.79 Å². The fourth-order valence-corrected chi connectivity index (χ4v) is 2.43. The number of piperidine rings is 1. The Morgan fingerprint density at radius 2 is 2.24 bits per heavy atom. The average Bonchev–Trinajstić information content (AvgIpc) is 2.41. The van der Waals surface area contributed by atoms with Crippen molar-refractivity contribution in [1.82, 2.24) is 10.6 Å². The summed E-state index contributed by atoms with van der Waals surface area (Å²) in [6, 6.07) is 7.95. The molecule has 4 nitrogen and oxygen atoms in total. The van der Waals surface area contributed by atoms with E-state index < -0.39 is 6.10 Å². The van der Waals surface area contributed by atoms with E-state index in [2.05, 4.69) is 17.6 Å². The lowest BCUT2D eigenvalue weighted by Gasteiger charge is -2.31. The molecule has 3 unspecified atom stereocenters. The van der Waals surface area contributed by atoms with Crippen LogP contribution in [0.2, 0.25) is 0 Å². The predicted molar refractivity (Wildman–Crippen MR) is 87.1 cm³/mol. The Morgan fingerprint density at radius 3 is 2.90 bits per heavy atom. The van der Waals surface area contributed by atoms with Gasteiger partial charge in [-0.05, 0) is 50.4 Å². The molecule has 0 bridgehead atoms. The molecule has 0 spiro atoms. The van der Waals surface area contributed by atoms with Gasteiger partial charge in [0.05, 0.1) is 0 Å². The maximum atomic E-state index is 12.2. The number of amides is 1. The summed E-state index contributed by atoms with van der Waals surface area (Å²) in [6.45, 7) is 7.84. The van der Waals surface area contributed by atoms with Gasteiger partial charge in [0.2, 0.25) is 0 Å². The van der Waals surface area contributed by atoms with Gasteiger partial charge in [-0.3, -0.25) is 4.79 Å². The molecule has 1 aliphatic rings. The molecule has 1 saturated heterocycles. The Labute approximate surface area is 133 Å². The van der Waals surface area contributed by atoms with Crippen LogP contribution in [0.5, 0.6) is 5.75 Å². The highest BCUT2D eigenvalue weighted by atomic mass is 35.5. The molecule has 21 heavy (non-hydrogen) atoms. The number of nitrogens with one attached hydrogen (secondary N) is 2. The van der Waals surface area contributed by atoms with Gasteiger partial charge in [-0.15, -0.1) is 12.4 Å². The van der Waals surface area contributed by atoms with Gasteiger partial charge in [0.15, 0.2) is 6.10 Å². The summed E-state index contributed by atoms with van der Waals surface area (Å²) in [4.78, 5) is 12.2. The van der Waals surface area contributed by atoms with E-state index in [1.54, 1.807) is 6.92 Å². The molecule has 1 aromatic carbocycles. The van der Waals surface area contributed by atoms with Crippen LogP contribution in [0.4, 0.5) is 0 Å². The summed E-state index contributed by atoms with van der Waals surface area (Å²) in [5, 5.41) is 6.39. The highest BCUT2D eigenvalue weighted by Crippen LogP contribution is 2.15. The van der Waals surface area contributed by atoms with E-state index in [1.165, 1.54) is 0 Å². The number of hydrogen-bond donors (Lipinski definition) is 2. The lowest BCUT2D eigenvalue weighted by molar-refractivity contribution is -0.128. The Morgan fingerprint density at radius 1 is 1.48 bits per heavy atom. The van der Waals surface area contributed by atoms with Crippen molar-refractivity contribution in [2.75, 3.05) is 13.1 Å². The molecule has 1 heterocycles. The summed E-state index contributed by atoms with van der Waals surface area (Å²) >= 11 is 0. The van der Waals surface area contributed by atoms with Gasteiger partial charge in [-0.2, -0.15) is 0 Å². The maximum absolute atomic E-state index is 12.2. The summed E-state index contributed by atoms with van der Waals surface area (Å²) in [6.07, 6.45) is 0.615. The number of aryl methyl sites for hydroxylation is 1. The van der Waals surface area contributed by atoms with Gasteiger partial charge in [0, 0.05) is 12.6 Å². The lowest BCUT2D eigenvalue weighted by atomic mass is 9.95. The molecule has 0 saturated carbocycles. The zero-order chi connectivity index (χ0) is 14.5. The average molecular weight is 313 g/mol. The second-order valence-corrected chi connectivity index (χ2v) is 5.66. The Bertz CT molecular complexity index is 467. The van der Waals surface area contributed by atoms with Crippen LogP contribution in [0, 0.1) is 12.8 Å². The van der Waals surface area contributed by atoms with E-state index in [4.69, 9.17) is 4.74 Å². The van der Waals surface area contributed by atoms with Crippen molar-refractivity contribution in [3.8, 4) is 5.75 Å². The number of benzene rings is 1. The standard InChI is InChI=1S/C16H24N2O2.ClH/c1-11-5-4-6-14(9-11)20-13(3)16(19)18-15-10-17-8-7-12(15)2;/h4-6,9,12-13,15,17H,7-8,10H2,1-3H3,(H,18,19);1H. The van der Waals surface area contributed by atoms with Gasteiger partial charge < -0.3 is 15.4 Å². The molecule has 1 amide bonds. The number of carbonyl (C=O) groups is 1. The molecular weight excluding hydrogens is 288 g/mol. The first-order valence-electron chi connectivity index (χ1n) is 7.30. The van der Waals surface area contributed by atoms with Crippen LogP contribution in [0.25, 0.3) is 0 Å². The Balaban J connectivity index is 0.00000220. The highest BCUT2D eigenvalue weighted by molar-refractivity contribution is 5.85. The molecular formula is C16H25ClN2O2. The smallest absolute Gasteiger partial charge is 0.261 e. The van der Waals surface area contributed by atoms with Crippen LogP contribution in [0.3, 0.4) is 0 Å². The van der Waals surface area contributed by atoms with E-state index in [-0.39, 0.29) is 24.4 Å². The van der Waals surface area contributed by atoms with Crippen molar-refractivity contribution >= 4 is 18.3 Å². The summed E-state index contributed by atoms with van der Waals surface area (Å²) in [7, 11) is 0. The molecule has 0 radical (unpaired) electrons. The fourth-order valence-electron chi connectivity index (χ4n) is 2.43. The predicted octanol–water partition coefficient (Wildman–Crippen LogP) is 2.30. The molecule has 1 fully saturated rings. The van der Waals surface area contributed by atoms with Crippen LogP contribution in [-0.4, -0.2) is 31.1 Å². The van der Waals surface area contributed by atoms with Gasteiger partial charge in [-0.25, -0.2) is 0 Å². The third-order valence-corrected chi connectivity index (χ3v) is 3.83. The van der Waals surface area contributed by atoms with Crippen molar-refractivity contribution in [1.29, 1.82) is 0 Å². The van der Waals surface area contributed by atoms with Gasteiger partial charge in [-0.1, -0.05) is 19.1 Å². The zero-order valence-electron chi connectivity index (χ0n) is 12.9. The first kappa shape index (κ1) is 17.8. The summed E-state index contributed by atoms with van der Waals surface area (Å²) in [5.74, 6) is 1.20. The van der Waals surface area contributed by atoms with Crippen LogP contribution >= 0.6 is 12.4 Å². The van der Waals surface area contributed by atoms with Crippen molar-refractivity contribution in [3.05, 3.63) is 29.8 Å². The summed E-state index contributed by atoms with van der Waals surface area (Å²) < 4.78 is 5.70. The van der Waals surface area contributed by atoms with Crippen LogP contribution in [0.15, 0.2) is 24.3 Å². The molecule has 2 N–H and O–H groups in total. The van der Waals surface area contributed by atoms with Crippen LogP contribution < -0.4 is 15.4 Å². The lowest BCUT2D eigenvalue weighted by Crippen LogP contribution is -2.52. The van der Waals surface area contributed by atoms with E-state index in [1.807, 2.05) is 31.2 Å². The Kier molecular flexibility index (Phi) is 6.99. The number of ether oxygens (including phenoxy) is 1. The van der Waals surface area contributed by atoms with E-state index >= 15 is 0 Å². The minimum Gasteiger partial charge on any atom is -0.481 e. The minimum atomic E-state index is -0.481. The second kappa shape index (κ2) is 8.25. The highest BCUT2D eigenvalue weighted by Gasteiger charge is 2.25. The van der Waals surface area contributed by atoms with Gasteiger partial charge in [0.1, 0.15) is 5.75 Å². The monoisotopic (exact) mass is 312 g/mol. The minimum absolute atomic E-state index is 0. The number of hydrogen-bond acceptors (Lipinski definition) is 3. The molecule has 1 aromatic rings. The van der Waals surface area contributed by atoms with Crippen molar-refractivity contribution in [3.63, 3.8) is 0 Å². The zero-order valence-corrected chi connectivity index (χ0v) is 13.7.